The SMILES string of the molecule is CC[C@H](C)Oc1ccc(-n2c(C)cc(C=NN3C(=O)[C@@H]4[C@H](C3=O)[C@H]3C=C[C@H]4C3)c2C)cc1. The second-order valence-electron chi connectivity index (χ2n) is 9.23. The molecule has 2 aromatic rings. The molecule has 1 aromatic heterocycles. The van der Waals surface area contributed by atoms with Crippen molar-refractivity contribution in [3.63, 3.8) is 0 Å². The number of carbonyl (C=O) groups excluding carboxylic acids is 2. The molecule has 2 heterocycles. The van der Waals surface area contributed by atoms with Gasteiger partial charge >= 0.3 is 0 Å². The van der Waals surface area contributed by atoms with Gasteiger partial charge in [-0.1, -0.05) is 19.1 Å². The Balaban J connectivity index is 1.36. The van der Waals surface area contributed by atoms with E-state index < -0.39 is 0 Å². The van der Waals surface area contributed by atoms with E-state index in [9.17, 15) is 9.59 Å². The Labute approximate surface area is 188 Å². The minimum atomic E-state index is -0.224. The first kappa shape index (κ1) is 20.7. The molecule has 5 rings (SSSR count). The van der Waals surface area contributed by atoms with Crippen molar-refractivity contribution in [2.24, 2.45) is 28.8 Å². The number of aryl methyl sites for hydroxylation is 1. The Kier molecular flexibility index (Phi) is 5.03. The van der Waals surface area contributed by atoms with Crippen LogP contribution in [0.1, 0.15) is 43.6 Å². The Morgan fingerprint density at radius 3 is 2.31 bits per heavy atom. The molecule has 1 aromatic carbocycles. The summed E-state index contributed by atoms with van der Waals surface area (Å²) >= 11 is 0. The van der Waals surface area contributed by atoms with Gasteiger partial charge in [-0.05, 0) is 75.8 Å². The lowest BCUT2D eigenvalue weighted by Gasteiger charge is -2.14. The number of aromatic nitrogens is 1. The van der Waals surface area contributed by atoms with Gasteiger partial charge in [-0.3, -0.25) is 9.59 Å². The number of hydrazone groups is 1. The Morgan fingerprint density at radius 1 is 1.09 bits per heavy atom. The van der Waals surface area contributed by atoms with Crippen molar-refractivity contribution in [3.8, 4) is 11.4 Å². The van der Waals surface area contributed by atoms with E-state index in [1.54, 1.807) is 6.21 Å². The van der Waals surface area contributed by atoms with E-state index in [0.717, 1.165) is 46.2 Å². The first-order chi connectivity index (χ1) is 15.4. The van der Waals surface area contributed by atoms with E-state index in [4.69, 9.17) is 4.74 Å². The third kappa shape index (κ3) is 3.20. The van der Waals surface area contributed by atoms with E-state index in [1.807, 2.05) is 44.2 Å². The molecule has 2 fully saturated rings. The van der Waals surface area contributed by atoms with Crippen molar-refractivity contribution in [2.75, 3.05) is 0 Å². The van der Waals surface area contributed by atoms with Crippen molar-refractivity contribution in [1.82, 2.24) is 9.58 Å². The molecular weight excluding hydrogens is 402 g/mol. The maximum absolute atomic E-state index is 12.9. The van der Waals surface area contributed by atoms with Crippen LogP contribution in [0, 0.1) is 37.5 Å². The molecule has 2 amide bonds. The Bertz CT molecular complexity index is 1100. The minimum absolute atomic E-state index is 0.154. The zero-order valence-electron chi connectivity index (χ0n) is 19.0. The normalized spacial score (nSPS) is 27.1. The monoisotopic (exact) mass is 431 g/mol. The summed E-state index contributed by atoms with van der Waals surface area (Å²) in [7, 11) is 0. The molecule has 0 spiro atoms. The number of benzene rings is 1. The summed E-state index contributed by atoms with van der Waals surface area (Å²) in [6.07, 6.45) is 7.90. The van der Waals surface area contributed by atoms with Crippen LogP contribution in [0.15, 0.2) is 47.6 Å². The lowest BCUT2D eigenvalue weighted by molar-refractivity contribution is -0.140. The molecule has 1 aliphatic heterocycles. The van der Waals surface area contributed by atoms with Crippen LogP contribution in [0.3, 0.4) is 0 Å². The third-order valence-corrected chi connectivity index (χ3v) is 7.24. The van der Waals surface area contributed by atoms with Crippen LogP contribution >= 0.6 is 0 Å². The predicted molar refractivity (Wildman–Crippen MR) is 123 cm³/mol. The van der Waals surface area contributed by atoms with Gasteiger partial charge in [0.25, 0.3) is 11.8 Å². The van der Waals surface area contributed by atoms with Crippen molar-refractivity contribution < 1.29 is 14.3 Å². The second kappa shape index (κ2) is 7.76. The molecule has 0 radical (unpaired) electrons. The molecule has 2 bridgehead atoms. The van der Waals surface area contributed by atoms with Crippen molar-refractivity contribution in [3.05, 3.63) is 59.4 Å². The van der Waals surface area contributed by atoms with Crippen molar-refractivity contribution in [2.45, 2.75) is 46.6 Å². The maximum atomic E-state index is 12.9. The van der Waals surface area contributed by atoms with Crippen LogP contribution in [0.25, 0.3) is 5.69 Å². The summed E-state index contributed by atoms with van der Waals surface area (Å²) < 4.78 is 8.02. The molecule has 5 atom stereocenters. The van der Waals surface area contributed by atoms with Gasteiger partial charge in [-0.2, -0.15) is 10.1 Å². The summed E-state index contributed by atoms with van der Waals surface area (Å²) in [6, 6.07) is 10.1. The fourth-order valence-electron chi connectivity index (χ4n) is 5.43. The minimum Gasteiger partial charge on any atom is -0.491 e. The summed E-state index contributed by atoms with van der Waals surface area (Å²) in [6.45, 7) is 8.22. The number of imide groups is 1. The molecular formula is C26H29N3O3. The summed E-state index contributed by atoms with van der Waals surface area (Å²) in [5.41, 5.74) is 3.98. The standard InChI is InChI=1S/C26H29N3O3/c1-5-16(3)32-22-10-8-21(9-11-22)28-15(2)12-20(17(28)4)14-27-29-25(30)23-18-6-7-19(13-18)24(23)26(29)31/h6-12,14,16,18-19,23-24H,5,13H2,1-4H3/t16-,18-,19-,23-,24+/m0/s1. The van der Waals surface area contributed by atoms with Crippen LogP contribution in [-0.4, -0.2) is 33.7 Å². The largest absolute Gasteiger partial charge is 0.491 e. The lowest BCUT2D eigenvalue weighted by Crippen LogP contribution is -2.28. The maximum Gasteiger partial charge on any atom is 0.254 e. The van der Waals surface area contributed by atoms with E-state index in [-0.39, 0.29) is 41.6 Å². The van der Waals surface area contributed by atoms with E-state index in [0.29, 0.717) is 0 Å². The highest BCUT2D eigenvalue weighted by Crippen LogP contribution is 2.52. The number of hydrogen-bond donors (Lipinski definition) is 0. The van der Waals surface area contributed by atoms with Gasteiger partial charge in [-0.25, -0.2) is 0 Å². The summed E-state index contributed by atoms with van der Waals surface area (Å²) in [5, 5.41) is 5.45. The molecule has 6 nitrogen and oxygen atoms in total. The smallest absolute Gasteiger partial charge is 0.254 e. The van der Waals surface area contributed by atoms with E-state index in [2.05, 4.69) is 35.7 Å². The fourth-order valence-corrected chi connectivity index (χ4v) is 5.43. The van der Waals surface area contributed by atoms with Crippen molar-refractivity contribution in [1.29, 1.82) is 0 Å². The summed E-state index contributed by atoms with van der Waals surface area (Å²) in [5.74, 6) is 0.486. The number of rotatable bonds is 6. The molecule has 2 aliphatic carbocycles. The number of allylic oxidation sites excluding steroid dienone is 2. The zero-order chi connectivity index (χ0) is 22.6. The molecule has 0 N–H and O–H groups in total. The molecule has 3 aliphatic rings. The number of ether oxygens (including phenoxy) is 1. The Hall–Kier alpha value is -3.15. The zero-order valence-corrected chi connectivity index (χ0v) is 19.0. The van der Waals surface area contributed by atoms with Gasteiger partial charge in [0, 0.05) is 22.6 Å². The number of nitrogens with zero attached hydrogens (tertiary/aromatic N) is 3. The first-order valence-electron chi connectivity index (χ1n) is 11.4. The fraction of sp³-hybridized carbons (Fsp3) is 0.423. The second-order valence-corrected chi connectivity index (χ2v) is 9.23. The topological polar surface area (TPSA) is 63.9 Å². The van der Waals surface area contributed by atoms with E-state index in [1.165, 1.54) is 0 Å². The quantitative estimate of drug-likeness (QED) is 0.387. The molecule has 0 unspecified atom stereocenters. The van der Waals surface area contributed by atoms with Gasteiger partial charge in [-0.15, -0.1) is 0 Å². The molecule has 1 saturated heterocycles. The summed E-state index contributed by atoms with van der Waals surface area (Å²) in [4.78, 5) is 25.7. The Morgan fingerprint density at radius 2 is 1.72 bits per heavy atom. The number of amides is 2. The molecule has 1 saturated carbocycles. The van der Waals surface area contributed by atoms with Gasteiger partial charge in [0.2, 0.25) is 0 Å². The van der Waals surface area contributed by atoms with Gasteiger partial charge in [0.1, 0.15) is 5.75 Å². The molecule has 166 valence electrons. The average Bonchev–Trinajstić information content (AvgIpc) is 3.52. The molecule has 32 heavy (non-hydrogen) atoms. The molecule has 6 heteroatoms. The van der Waals surface area contributed by atoms with Crippen LogP contribution in [-0.2, 0) is 9.59 Å². The van der Waals surface area contributed by atoms with Crippen LogP contribution in [0.5, 0.6) is 5.75 Å². The predicted octanol–water partition coefficient (Wildman–Crippen LogP) is 4.41. The number of fused-ring (bicyclic) bond motifs is 5. The number of carbonyl (C=O) groups is 2. The highest BCUT2D eigenvalue weighted by Gasteiger charge is 2.59. The van der Waals surface area contributed by atoms with Crippen LogP contribution < -0.4 is 4.74 Å². The average molecular weight is 432 g/mol. The highest BCUT2D eigenvalue weighted by molar-refractivity contribution is 6.06. The van der Waals surface area contributed by atoms with Gasteiger partial charge in [0.15, 0.2) is 0 Å². The lowest BCUT2D eigenvalue weighted by atomic mass is 9.85. The first-order valence-corrected chi connectivity index (χ1v) is 11.4. The number of hydrogen-bond acceptors (Lipinski definition) is 4. The van der Waals surface area contributed by atoms with Crippen molar-refractivity contribution >= 4 is 18.0 Å². The van der Waals surface area contributed by atoms with E-state index >= 15 is 0 Å². The third-order valence-electron chi connectivity index (χ3n) is 7.24. The van der Waals surface area contributed by atoms with Crippen LogP contribution in [0.4, 0.5) is 0 Å². The van der Waals surface area contributed by atoms with Gasteiger partial charge in [0.05, 0.1) is 24.2 Å². The van der Waals surface area contributed by atoms with Crippen LogP contribution in [0.2, 0.25) is 0 Å². The highest BCUT2D eigenvalue weighted by atomic mass is 16.5. The van der Waals surface area contributed by atoms with Gasteiger partial charge < -0.3 is 9.30 Å².